The molecular formula is C11H13N3. The zero-order valence-electron chi connectivity index (χ0n) is 8.14. The van der Waals surface area contributed by atoms with Crippen LogP contribution in [0.1, 0.15) is 12.1 Å². The van der Waals surface area contributed by atoms with Gasteiger partial charge in [-0.15, -0.1) is 0 Å². The van der Waals surface area contributed by atoms with Crippen LogP contribution in [-0.4, -0.2) is 9.78 Å². The summed E-state index contributed by atoms with van der Waals surface area (Å²) in [5.41, 5.74) is 8.81. The average molecular weight is 187 g/mol. The molecule has 0 aromatic carbocycles. The Balaban J connectivity index is 2.44. The standard InChI is InChI=1S/C11H13N3/c1-14-11(10(12)8-13-14)9-6-4-2-3-5-7-9/h2-6,8H,7,12H2,1H3. The van der Waals surface area contributed by atoms with Gasteiger partial charge < -0.3 is 5.73 Å². The first-order valence-corrected chi connectivity index (χ1v) is 4.59. The van der Waals surface area contributed by atoms with E-state index in [2.05, 4.69) is 17.3 Å². The van der Waals surface area contributed by atoms with Crippen LogP contribution in [0.15, 0.2) is 36.6 Å². The number of nitrogen functional groups attached to an aromatic ring is 1. The zero-order valence-corrected chi connectivity index (χ0v) is 8.14. The van der Waals surface area contributed by atoms with Gasteiger partial charge in [0.1, 0.15) is 0 Å². The Morgan fingerprint density at radius 3 is 2.93 bits per heavy atom. The van der Waals surface area contributed by atoms with E-state index in [-0.39, 0.29) is 0 Å². The molecule has 1 aliphatic rings. The van der Waals surface area contributed by atoms with E-state index in [0.29, 0.717) is 0 Å². The second-order valence-corrected chi connectivity index (χ2v) is 3.28. The minimum absolute atomic E-state index is 0.738. The van der Waals surface area contributed by atoms with Crippen molar-refractivity contribution in [2.24, 2.45) is 7.05 Å². The van der Waals surface area contributed by atoms with Gasteiger partial charge in [0.2, 0.25) is 0 Å². The molecule has 0 radical (unpaired) electrons. The van der Waals surface area contributed by atoms with Crippen molar-refractivity contribution in [1.29, 1.82) is 0 Å². The van der Waals surface area contributed by atoms with E-state index in [0.717, 1.165) is 17.8 Å². The molecule has 1 aromatic heterocycles. The number of hydrogen-bond donors (Lipinski definition) is 1. The maximum absolute atomic E-state index is 5.85. The molecule has 0 unspecified atom stereocenters. The van der Waals surface area contributed by atoms with Crippen LogP contribution < -0.4 is 5.73 Å². The third-order valence-electron chi connectivity index (χ3n) is 2.26. The van der Waals surface area contributed by atoms with E-state index < -0.39 is 0 Å². The molecule has 0 fully saturated rings. The number of aryl methyl sites for hydroxylation is 1. The summed E-state index contributed by atoms with van der Waals surface area (Å²) in [6, 6.07) is 0. The van der Waals surface area contributed by atoms with Crippen molar-refractivity contribution in [2.75, 3.05) is 5.73 Å². The van der Waals surface area contributed by atoms with Crippen LogP contribution in [0.3, 0.4) is 0 Å². The minimum atomic E-state index is 0.738. The highest BCUT2D eigenvalue weighted by Gasteiger charge is 2.09. The second-order valence-electron chi connectivity index (χ2n) is 3.28. The second kappa shape index (κ2) is 3.54. The van der Waals surface area contributed by atoms with Gasteiger partial charge in [-0.05, 0) is 12.0 Å². The first-order chi connectivity index (χ1) is 6.79. The molecule has 72 valence electrons. The molecule has 2 rings (SSSR count). The van der Waals surface area contributed by atoms with E-state index in [1.165, 1.54) is 5.57 Å². The number of allylic oxidation sites excluding steroid dienone is 6. The molecule has 3 heteroatoms. The molecule has 1 heterocycles. The van der Waals surface area contributed by atoms with Crippen LogP contribution in [-0.2, 0) is 7.05 Å². The molecule has 1 aromatic rings. The molecule has 0 amide bonds. The lowest BCUT2D eigenvalue weighted by Gasteiger charge is -2.05. The molecule has 0 saturated carbocycles. The predicted octanol–water partition coefficient (Wildman–Crippen LogP) is 1.90. The molecule has 14 heavy (non-hydrogen) atoms. The Labute approximate surface area is 83.2 Å². The van der Waals surface area contributed by atoms with Gasteiger partial charge in [-0.25, -0.2) is 0 Å². The van der Waals surface area contributed by atoms with Crippen LogP contribution >= 0.6 is 0 Å². The van der Waals surface area contributed by atoms with Gasteiger partial charge in [0.15, 0.2) is 0 Å². The van der Waals surface area contributed by atoms with Crippen molar-refractivity contribution >= 4 is 11.3 Å². The van der Waals surface area contributed by atoms with Crippen LogP contribution in [0.5, 0.6) is 0 Å². The van der Waals surface area contributed by atoms with Gasteiger partial charge in [-0.3, -0.25) is 4.68 Å². The Morgan fingerprint density at radius 1 is 1.36 bits per heavy atom. The number of nitrogens with zero attached hydrogens (tertiary/aromatic N) is 2. The lowest BCUT2D eigenvalue weighted by molar-refractivity contribution is 0.754. The molecule has 3 nitrogen and oxygen atoms in total. The van der Waals surface area contributed by atoms with Crippen molar-refractivity contribution < 1.29 is 0 Å². The molecule has 0 spiro atoms. The van der Waals surface area contributed by atoms with Gasteiger partial charge >= 0.3 is 0 Å². The third kappa shape index (κ3) is 1.48. The smallest absolute Gasteiger partial charge is 0.0871 e. The van der Waals surface area contributed by atoms with E-state index in [1.54, 1.807) is 6.20 Å². The average Bonchev–Trinajstić information content (AvgIpc) is 2.45. The van der Waals surface area contributed by atoms with E-state index in [4.69, 9.17) is 5.73 Å². The van der Waals surface area contributed by atoms with Gasteiger partial charge in [0.05, 0.1) is 17.6 Å². The Bertz CT molecular complexity index is 402. The van der Waals surface area contributed by atoms with Crippen molar-refractivity contribution in [2.45, 2.75) is 6.42 Å². The molecule has 0 saturated heterocycles. The quantitative estimate of drug-likeness (QED) is 0.729. The van der Waals surface area contributed by atoms with Gasteiger partial charge in [0, 0.05) is 7.05 Å². The summed E-state index contributed by atoms with van der Waals surface area (Å²) in [7, 11) is 1.91. The van der Waals surface area contributed by atoms with Gasteiger partial charge in [-0.1, -0.05) is 30.4 Å². The normalized spacial score (nSPS) is 15.4. The molecule has 2 N–H and O–H groups in total. The SMILES string of the molecule is Cn1ncc(N)c1C1=CC=CC=CC1. The van der Waals surface area contributed by atoms with Gasteiger partial charge in [0.25, 0.3) is 0 Å². The lowest BCUT2D eigenvalue weighted by atomic mass is 10.1. The van der Waals surface area contributed by atoms with Crippen LogP contribution in [0.2, 0.25) is 0 Å². The summed E-state index contributed by atoms with van der Waals surface area (Å²) in [5, 5.41) is 4.12. The Hall–Kier alpha value is -1.77. The Morgan fingerprint density at radius 2 is 2.21 bits per heavy atom. The maximum atomic E-state index is 5.85. The molecule has 0 bridgehead atoms. The number of nitrogens with two attached hydrogens (primary N) is 1. The molecule has 1 aliphatic carbocycles. The summed E-state index contributed by atoms with van der Waals surface area (Å²) in [6.45, 7) is 0. The summed E-state index contributed by atoms with van der Waals surface area (Å²) in [6.07, 6.45) is 12.8. The highest BCUT2D eigenvalue weighted by Crippen LogP contribution is 2.24. The van der Waals surface area contributed by atoms with E-state index in [1.807, 2.05) is 30.0 Å². The molecule has 0 aliphatic heterocycles. The predicted molar refractivity (Wildman–Crippen MR) is 58.5 cm³/mol. The van der Waals surface area contributed by atoms with E-state index >= 15 is 0 Å². The number of anilines is 1. The first kappa shape index (κ1) is 8.81. The van der Waals surface area contributed by atoms with Crippen LogP contribution in [0, 0.1) is 0 Å². The molecule has 0 atom stereocenters. The number of hydrogen-bond acceptors (Lipinski definition) is 2. The van der Waals surface area contributed by atoms with Crippen molar-refractivity contribution in [3.05, 3.63) is 42.3 Å². The Kier molecular flexibility index (Phi) is 2.23. The summed E-state index contributed by atoms with van der Waals surface area (Å²) >= 11 is 0. The monoisotopic (exact) mass is 187 g/mol. The molecular weight excluding hydrogens is 174 g/mol. The minimum Gasteiger partial charge on any atom is -0.396 e. The zero-order chi connectivity index (χ0) is 9.97. The lowest BCUT2D eigenvalue weighted by Crippen LogP contribution is -1.99. The summed E-state index contributed by atoms with van der Waals surface area (Å²) in [4.78, 5) is 0. The van der Waals surface area contributed by atoms with Crippen LogP contribution in [0.25, 0.3) is 5.57 Å². The maximum Gasteiger partial charge on any atom is 0.0871 e. The summed E-state index contributed by atoms with van der Waals surface area (Å²) < 4.78 is 1.81. The first-order valence-electron chi connectivity index (χ1n) is 4.59. The highest BCUT2D eigenvalue weighted by atomic mass is 15.3. The number of aromatic nitrogens is 2. The third-order valence-corrected chi connectivity index (χ3v) is 2.26. The van der Waals surface area contributed by atoms with Crippen LogP contribution in [0.4, 0.5) is 5.69 Å². The fraction of sp³-hybridized carbons (Fsp3) is 0.182. The largest absolute Gasteiger partial charge is 0.396 e. The van der Waals surface area contributed by atoms with Crippen molar-refractivity contribution in [3.63, 3.8) is 0 Å². The number of rotatable bonds is 1. The van der Waals surface area contributed by atoms with Crippen molar-refractivity contribution in [3.8, 4) is 0 Å². The fourth-order valence-corrected chi connectivity index (χ4v) is 1.60. The van der Waals surface area contributed by atoms with E-state index in [9.17, 15) is 0 Å². The van der Waals surface area contributed by atoms with Gasteiger partial charge in [-0.2, -0.15) is 5.10 Å². The topological polar surface area (TPSA) is 43.8 Å². The van der Waals surface area contributed by atoms with Crippen molar-refractivity contribution in [1.82, 2.24) is 9.78 Å². The fourth-order valence-electron chi connectivity index (χ4n) is 1.60. The summed E-state index contributed by atoms with van der Waals surface area (Å²) in [5.74, 6) is 0. The highest BCUT2D eigenvalue weighted by molar-refractivity contribution is 5.74.